The number of nitrogens with one attached hydrogen (secondary N) is 1. The molecule has 2 rings (SSSR count). The maximum absolute atomic E-state index is 13.0. The Hall–Kier alpha value is -3.36. The normalized spacial score (nSPS) is 14.3. The minimum atomic E-state index is -1.10. The van der Waals surface area contributed by atoms with E-state index in [4.69, 9.17) is 15.2 Å². The van der Waals surface area contributed by atoms with E-state index in [0.717, 1.165) is 0 Å². The van der Waals surface area contributed by atoms with Crippen LogP contribution in [0.2, 0.25) is 0 Å². The van der Waals surface area contributed by atoms with Crippen LogP contribution >= 0.6 is 0 Å². The summed E-state index contributed by atoms with van der Waals surface area (Å²) >= 11 is 0. The summed E-state index contributed by atoms with van der Waals surface area (Å²) in [6.07, 6.45) is -2.12. The lowest BCUT2D eigenvalue weighted by Gasteiger charge is -2.31. The number of benzene rings is 1. The fraction of sp³-hybridized carbons (Fsp3) is 0.400. The zero-order valence-electron chi connectivity index (χ0n) is 17.3. The lowest BCUT2D eigenvalue weighted by Crippen LogP contribution is -2.52. The number of allylic oxidation sites excluding steroid dienone is 2. The zero-order valence-corrected chi connectivity index (χ0v) is 17.3. The molecule has 0 heterocycles. The number of amides is 2. The van der Waals surface area contributed by atoms with Crippen molar-refractivity contribution in [3.63, 3.8) is 0 Å². The van der Waals surface area contributed by atoms with Gasteiger partial charge in [0.2, 0.25) is 11.6 Å². The highest BCUT2D eigenvalue weighted by atomic mass is 16.6. The van der Waals surface area contributed by atoms with Gasteiger partial charge in [0.15, 0.2) is 0 Å². The van der Waals surface area contributed by atoms with Gasteiger partial charge in [0.25, 0.3) is 0 Å². The molecule has 3 N–H and O–H groups in total. The van der Waals surface area contributed by atoms with E-state index < -0.39 is 46.3 Å². The van der Waals surface area contributed by atoms with Crippen molar-refractivity contribution >= 4 is 23.8 Å². The lowest BCUT2D eigenvalue weighted by molar-refractivity contribution is 0.00870. The number of fused-ring (bicyclic) bond motifs is 1. The van der Waals surface area contributed by atoms with Gasteiger partial charge in [-0.05, 0) is 41.5 Å². The second kappa shape index (κ2) is 7.57. The molecule has 0 saturated heterocycles. The Kier molecular flexibility index (Phi) is 5.73. The van der Waals surface area contributed by atoms with Crippen molar-refractivity contribution in [1.82, 2.24) is 10.4 Å². The molecule has 0 saturated carbocycles. The Labute approximate surface area is 168 Å². The van der Waals surface area contributed by atoms with E-state index in [9.17, 15) is 19.2 Å². The highest BCUT2D eigenvalue weighted by molar-refractivity contribution is 6.27. The summed E-state index contributed by atoms with van der Waals surface area (Å²) in [4.78, 5) is 50.7. The van der Waals surface area contributed by atoms with Crippen LogP contribution < -0.4 is 11.2 Å². The zero-order chi connectivity index (χ0) is 22.1. The molecule has 0 unspecified atom stereocenters. The average Bonchev–Trinajstić information content (AvgIpc) is 2.56. The van der Waals surface area contributed by atoms with Gasteiger partial charge in [-0.3, -0.25) is 9.59 Å². The molecule has 1 aromatic rings. The van der Waals surface area contributed by atoms with Crippen LogP contribution in [0.25, 0.3) is 0 Å². The second-order valence-electron chi connectivity index (χ2n) is 8.40. The molecule has 0 atom stereocenters. The molecule has 1 aliphatic rings. The van der Waals surface area contributed by atoms with Gasteiger partial charge in [-0.15, -0.1) is 0 Å². The molecule has 9 nitrogen and oxygen atoms in total. The number of carbonyl (C=O) groups is 4. The van der Waals surface area contributed by atoms with Gasteiger partial charge in [-0.2, -0.15) is 5.01 Å². The van der Waals surface area contributed by atoms with Crippen molar-refractivity contribution in [1.29, 1.82) is 0 Å². The summed E-state index contributed by atoms with van der Waals surface area (Å²) in [6, 6.07) is 6.05. The SMILES string of the molecule is CC(C)(C)OC(=O)NN(C(=O)OC(C)(C)C)C1=C(N)C(=O)c2ccccc2C1=O. The third kappa shape index (κ3) is 5.13. The monoisotopic (exact) mass is 403 g/mol. The van der Waals surface area contributed by atoms with Crippen LogP contribution in [0, 0.1) is 0 Å². The van der Waals surface area contributed by atoms with E-state index in [1.807, 2.05) is 0 Å². The summed E-state index contributed by atoms with van der Waals surface area (Å²) in [5.41, 5.74) is 5.42. The molecular formula is C20H25N3O6. The smallest absolute Gasteiger partial charge is 0.434 e. The molecule has 29 heavy (non-hydrogen) atoms. The second-order valence-corrected chi connectivity index (χ2v) is 8.40. The van der Waals surface area contributed by atoms with Gasteiger partial charge in [0.1, 0.15) is 22.6 Å². The molecule has 156 valence electrons. The van der Waals surface area contributed by atoms with Crippen LogP contribution in [0.1, 0.15) is 62.3 Å². The highest BCUT2D eigenvalue weighted by Crippen LogP contribution is 2.26. The van der Waals surface area contributed by atoms with Crippen LogP contribution in [0.4, 0.5) is 9.59 Å². The Morgan fingerprint density at radius 2 is 1.38 bits per heavy atom. The molecular weight excluding hydrogens is 378 g/mol. The number of nitrogens with two attached hydrogens (primary N) is 1. The van der Waals surface area contributed by atoms with Gasteiger partial charge in [-0.25, -0.2) is 15.0 Å². The Balaban J connectivity index is 2.51. The highest BCUT2D eigenvalue weighted by Gasteiger charge is 2.39. The minimum absolute atomic E-state index is 0.0567. The molecule has 9 heteroatoms. The molecule has 0 bridgehead atoms. The third-order valence-corrected chi connectivity index (χ3v) is 3.53. The number of hydrogen-bond acceptors (Lipinski definition) is 7. The van der Waals surface area contributed by atoms with Gasteiger partial charge < -0.3 is 15.2 Å². The van der Waals surface area contributed by atoms with Crippen LogP contribution in [0.3, 0.4) is 0 Å². The first kappa shape index (κ1) is 21.9. The largest absolute Gasteiger partial charge is 0.443 e. The van der Waals surface area contributed by atoms with Crippen molar-refractivity contribution in [2.24, 2.45) is 5.73 Å². The van der Waals surface area contributed by atoms with E-state index in [0.29, 0.717) is 5.01 Å². The number of hydrogen-bond donors (Lipinski definition) is 2. The maximum atomic E-state index is 13.0. The van der Waals surface area contributed by atoms with Crippen molar-refractivity contribution in [2.45, 2.75) is 52.7 Å². The van der Waals surface area contributed by atoms with E-state index in [2.05, 4.69) is 5.43 Å². The first-order valence-corrected chi connectivity index (χ1v) is 8.92. The first-order chi connectivity index (χ1) is 13.2. The number of hydrazine groups is 1. The van der Waals surface area contributed by atoms with E-state index in [1.165, 1.54) is 12.1 Å². The fourth-order valence-electron chi connectivity index (χ4n) is 2.50. The van der Waals surface area contributed by atoms with E-state index >= 15 is 0 Å². The quantitative estimate of drug-likeness (QED) is 0.690. The van der Waals surface area contributed by atoms with Crippen molar-refractivity contribution < 1.29 is 28.7 Å². The molecule has 2 amide bonds. The Bertz CT molecular complexity index is 906. The molecule has 0 fully saturated rings. The molecule has 1 aromatic carbocycles. The van der Waals surface area contributed by atoms with Gasteiger partial charge in [0, 0.05) is 11.1 Å². The predicted molar refractivity (Wildman–Crippen MR) is 104 cm³/mol. The molecule has 0 spiro atoms. The number of rotatable bonds is 1. The maximum Gasteiger partial charge on any atom is 0.434 e. The minimum Gasteiger partial charge on any atom is -0.443 e. The number of carbonyl (C=O) groups excluding carboxylic acids is 4. The predicted octanol–water partition coefficient (Wildman–Crippen LogP) is 2.91. The van der Waals surface area contributed by atoms with Gasteiger partial charge >= 0.3 is 12.2 Å². The summed E-state index contributed by atoms with van der Waals surface area (Å²) in [5, 5.41) is 0.519. The third-order valence-electron chi connectivity index (χ3n) is 3.53. The Morgan fingerprint density at radius 1 is 0.897 bits per heavy atom. The average molecular weight is 403 g/mol. The van der Waals surface area contributed by atoms with Gasteiger partial charge in [0.05, 0.1) is 0 Å². The standard InChI is InChI=1S/C20H25N3O6/c1-19(2,3)28-17(26)22-23(18(27)29-20(4,5)6)14-13(21)15(24)11-9-7-8-10-12(11)16(14)25/h7-10H,21H2,1-6H3,(H,22,26). The van der Waals surface area contributed by atoms with Crippen LogP contribution in [-0.2, 0) is 9.47 Å². The van der Waals surface area contributed by atoms with Crippen molar-refractivity contribution in [2.75, 3.05) is 0 Å². The topological polar surface area (TPSA) is 128 Å². The molecule has 0 aliphatic heterocycles. The lowest BCUT2D eigenvalue weighted by atomic mass is 9.90. The molecule has 0 aromatic heterocycles. The van der Waals surface area contributed by atoms with Crippen molar-refractivity contribution in [3.8, 4) is 0 Å². The summed E-state index contributed by atoms with van der Waals surface area (Å²) in [6.45, 7) is 9.71. The summed E-state index contributed by atoms with van der Waals surface area (Å²) in [5.74, 6) is -1.35. The number of ether oxygens (including phenoxy) is 2. The first-order valence-electron chi connectivity index (χ1n) is 8.92. The van der Waals surface area contributed by atoms with Crippen molar-refractivity contribution in [3.05, 3.63) is 46.8 Å². The van der Waals surface area contributed by atoms with Crippen LogP contribution in [0.5, 0.6) is 0 Å². The van der Waals surface area contributed by atoms with Crippen LogP contribution in [0.15, 0.2) is 35.7 Å². The van der Waals surface area contributed by atoms with Crippen LogP contribution in [-0.4, -0.2) is 40.0 Å². The Morgan fingerprint density at radius 3 is 1.86 bits per heavy atom. The number of Topliss-reactive ketones (excluding diaryl/α,β-unsaturated/α-hetero) is 2. The number of ketones is 2. The van der Waals surface area contributed by atoms with Gasteiger partial charge in [-0.1, -0.05) is 24.3 Å². The van der Waals surface area contributed by atoms with E-state index in [1.54, 1.807) is 53.7 Å². The number of nitrogens with zero attached hydrogens (tertiary/aromatic N) is 1. The molecule has 0 radical (unpaired) electrons. The summed E-state index contributed by atoms with van der Waals surface area (Å²) < 4.78 is 10.4. The fourth-order valence-corrected chi connectivity index (χ4v) is 2.50. The summed E-state index contributed by atoms with van der Waals surface area (Å²) in [7, 11) is 0. The molecule has 1 aliphatic carbocycles. The van der Waals surface area contributed by atoms with E-state index in [-0.39, 0.29) is 11.1 Å².